The molecule has 0 bridgehead atoms. The van der Waals surface area contributed by atoms with E-state index >= 15 is 0 Å². The number of aliphatic carboxylic acids is 1. The molecule has 8 heteroatoms. The van der Waals surface area contributed by atoms with Crippen LogP contribution in [0.3, 0.4) is 0 Å². The first-order valence-corrected chi connectivity index (χ1v) is 7.60. The number of aromatic hydroxyl groups is 1. The van der Waals surface area contributed by atoms with Gasteiger partial charge in [0.25, 0.3) is 5.56 Å². The highest BCUT2D eigenvalue weighted by atomic mass is 32.1. The lowest BCUT2D eigenvalue weighted by Gasteiger charge is -2.34. The Morgan fingerprint density at radius 1 is 1.32 bits per heavy atom. The van der Waals surface area contributed by atoms with Crippen LogP contribution in [0, 0.1) is 10.2 Å². The van der Waals surface area contributed by atoms with Crippen molar-refractivity contribution in [3.05, 3.63) is 20.7 Å². The molecule has 0 spiro atoms. The molecule has 1 aliphatic carbocycles. The summed E-state index contributed by atoms with van der Waals surface area (Å²) < 4.78 is 0.0364. The smallest absolute Gasteiger partial charge is 0.303 e. The number of aromatic nitrogens is 2. The van der Waals surface area contributed by atoms with Crippen LogP contribution in [-0.2, 0) is 4.79 Å². The van der Waals surface area contributed by atoms with Gasteiger partial charge in [-0.05, 0) is 25.1 Å². The number of hydrogen-bond acceptors (Lipinski definition) is 5. The molecule has 0 aromatic carbocycles. The summed E-state index contributed by atoms with van der Waals surface area (Å²) in [7, 11) is 0. The lowest BCUT2D eigenvalue weighted by molar-refractivity contribution is -0.140. The second-order valence-electron chi connectivity index (χ2n) is 5.77. The number of hydrogen-bond donors (Lipinski definition) is 4. The van der Waals surface area contributed by atoms with Gasteiger partial charge in [-0.2, -0.15) is 0 Å². The maximum Gasteiger partial charge on any atom is 0.303 e. The van der Waals surface area contributed by atoms with E-state index in [1.54, 1.807) is 0 Å². The highest BCUT2D eigenvalue weighted by Gasteiger charge is 2.34. The zero-order valence-corrected chi connectivity index (χ0v) is 12.9. The van der Waals surface area contributed by atoms with Gasteiger partial charge in [0.1, 0.15) is 5.56 Å². The van der Waals surface area contributed by atoms with Gasteiger partial charge in [-0.15, -0.1) is 0 Å². The van der Waals surface area contributed by atoms with Crippen LogP contribution in [0.25, 0.3) is 0 Å². The quantitative estimate of drug-likeness (QED) is 0.487. The first-order valence-electron chi connectivity index (χ1n) is 7.19. The van der Waals surface area contributed by atoms with Crippen molar-refractivity contribution in [2.75, 3.05) is 6.54 Å². The molecule has 1 aliphatic rings. The van der Waals surface area contributed by atoms with Crippen molar-refractivity contribution >= 4 is 24.4 Å². The summed E-state index contributed by atoms with van der Waals surface area (Å²) in [5.41, 5.74) is -0.888. The molecule has 1 aromatic heterocycles. The third-order valence-corrected chi connectivity index (χ3v) is 4.25. The number of H-pyrrole nitrogens is 2. The minimum absolute atomic E-state index is 0.00474. The predicted molar refractivity (Wildman–Crippen MR) is 84.1 cm³/mol. The van der Waals surface area contributed by atoms with Gasteiger partial charge in [0.2, 0.25) is 5.88 Å². The molecule has 0 radical (unpaired) electrons. The van der Waals surface area contributed by atoms with Crippen LogP contribution in [0.5, 0.6) is 5.88 Å². The van der Waals surface area contributed by atoms with Gasteiger partial charge in [-0.3, -0.25) is 19.6 Å². The zero-order valence-electron chi connectivity index (χ0n) is 12.1. The van der Waals surface area contributed by atoms with Crippen molar-refractivity contribution < 1.29 is 15.0 Å². The molecule has 0 atom stereocenters. The Balaban J connectivity index is 2.17. The molecule has 0 aliphatic heterocycles. The standard InChI is InChI=1S/C14H19N3O4S/c18-10(19)6-14(4-2-1-3-5-14)8-15-7-9-11(20)16-13(22)17-12(9)21/h7H,1-6,8H2,(H,18,19)(H3,16,17,20,21,22). The van der Waals surface area contributed by atoms with Crippen LogP contribution in [0.2, 0.25) is 0 Å². The molecule has 4 N–H and O–H groups in total. The van der Waals surface area contributed by atoms with E-state index in [9.17, 15) is 14.7 Å². The van der Waals surface area contributed by atoms with Crippen molar-refractivity contribution in [3.8, 4) is 5.88 Å². The summed E-state index contributed by atoms with van der Waals surface area (Å²) in [5.74, 6) is -1.17. The molecule has 22 heavy (non-hydrogen) atoms. The minimum atomic E-state index is -0.832. The van der Waals surface area contributed by atoms with Crippen molar-refractivity contribution in [1.29, 1.82) is 0 Å². The van der Waals surface area contributed by atoms with Crippen LogP contribution in [0.15, 0.2) is 9.79 Å². The third kappa shape index (κ3) is 4.03. The molecule has 0 unspecified atom stereocenters. The Labute approximate surface area is 132 Å². The van der Waals surface area contributed by atoms with Gasteiger partial charge >= 0.3 is 5.97 Å². The summed E-state index contributed by atoms with van der Waals surface area (Å²) in [6, 6.07) is 0. The fourth-order valence-electron chi connectivity index (χ4n) is 2.95. The van der Waals surface area contributed by atoms with Crippen LogP contribution < -0.4 is 5.56 Å². The minimum Gasteiger partial charge on any atom is -0.494 e. The van der Waals surface area contributed by atoms with Gasteiger partial charge in [-0.25, -0.2) is 0 Å². The molecule has 120 valence electrons. The van der Waals surface area contributed by atoms with E-state index in [1.807, 2.05) is 0 Å². The Bertz CT molecular complexity index is 686. The fourth-order valence-corrected chi connectivity index (χ4v) is 3.14. The fraction of sp³-hybridized carbons (Fsp3) is 0.571. The van der Waals surface area contributed by atoms with Gasteiger partial charge in [0, 0.05) is 18.2 Å². The summed E-state index contributed by atoms with van der Waals surface area (Å²) in [6.07, 6.45) is 6.08. The lowest BCUT2D eigenvalue weighted by atomic mass is 9.72. The molecule has 1 heterocycles. The number of aromatic amines is 2. The van der Waals surface area contributed by atoms with Crippen molar-refractivity contribution in [1.82, 2.24) is 9.97 Å². The van der Waals surface area contributed by atoms with Crippen molar-refractivity contribution in [2.24, 2.45) is 10.4 Å². The van der Waals surface area contributed by atoms with E-state index in [4.69, 9.17) is 17.3 Å². The number of carboxylic acid groups (broad SMARTS) is 1. The molecule has 2 rings (SSSR count). The zero-order chi connectivity index (χ0) is 16.2. The van der Waals surface area contributed by atoms with Crippen LogP contribution >= 0.6 is 12.2 Å². The van der Waals surface area contributed by atoms with Crippen molar-refractivity contribution in [2.45, 2.75) is 38.5 Å². The number of nitrogens with zero attached hydrogens (tertiary/aromatic N) is 1. The number of carbonyl (C=O) groups is 1. The maximum atomic E-state index is 11.7. The number of nitrogens with one attached hydrogen (secondary N) is 2. The SMILES string of the molecule is O=C(O)CC1(CN=Cc2c(O)[nH]c(=S)[nH]c2=O)CCCCC1. The average molecular weight is 325 g/mol. The summed E-state index contributed by atoms with van der Waals surface area (Å²) in [4.78, 5) is 31.8. The Morgan fingerprint density at radius 2 is 2.00 bits per heavy atom. The first kappa shape index (κ1) is 16.4. The molecule has 0 saturated heterocycles. The molecule has 7 nitrogen and oxygen atoms in total. The van der Waals surface area contributed by atoms with E-state index in [2.05, 4.69) is 15.0 Å². The van der Waals surface area contributed by atoms with E-state index < -0.39 is 11.5 Å². The van der Waals surface area contributed by atoms with Gasteiger partial charge in [-0.1, -0.05) is 19.3 Å². The lowest BCUT2D eigenvalue weighted by Crippen LogP contribution is -2.30. The molecule has 1 fully saturated rings. The Morgan fingerprint density at radius 3 is 2.59 bits per heavy atom. The highest BCUT2D eigenvalue weighted by molar-refractivity contribution is 7.71. The topological polar surface area (TPSA) is 119 Å². The second kappa shape index (κ2) is 6.87. The van der Waals surface area contributed by atoms with E-state index in [1.165, 1.54) is 6.21 Å². The van der Waals surface area contributed by atoms with E-state index in [0.717, 1.165) is 32.1 Å². The Hall–Kier alpha value is -1.96. The van der Waals surface area contributed by atoms with E-state index in [-0.39, 0.29) is 28.1 Å². The third-order valence-electron chi connectivity index (χ3n) is 4.05. The Kier molecular flexibility index (Phi) is 5.12. The van der Waals surface area contributed by atoms with Gasteiger partial charge < -0.3 is 15.2 Å². The van der Waals surface area contributed by atoms with Crippen LogP contribution in [0.4, 0.5) is 0 Å². The summed E-state index contributed by atoms with van der Waals surface area (Å²) >= 11 is 4.75. The predicted octanol–water partition coefficient (Wildman–Crippen LogP) is 1.98. The maximum absolute atomic E-state index is 11.7. The number of carboxylic acids is 1. The normalized spacial score (nSPS) is 17.6. The number of rotatable bonds is 5. The molecule has 0 amide bonds. The summed E-state index contributed by atoms with van der Waals surface area (Å²) in [5, 5.41) is 18.8. The monoisotopic (exact) mass is 325 g/mol. The highest BCUT2D eigenvalue weighted by Crippen LogP contribution is 2.39. The van der Waals surface area contributed by atoms with Crippen molar-refractivity contribution in [3.63, 3.8) is 0 Å². The molecule has 1 saturated carbocycles. The van der Waals surface area contributed by atoms with Crippen LogP contribution in [0.1, 0.15) is 44.1 Å². The number of aliphatic imine (C=N–C) groups is 1. The van der Waals surface area contributed by atoms with E-state index in [0.29, 0.717) is 6.54 Å². The molecular weight excluding hydrogens is 306 g/mol. The van der Waals surface area contributed by atoms with Gasteiger partial charge in [0.05, 0.1) is 6.42 Å². The average Bonchev–Trinajstić information content (AvgIpc) is 2.42. The second-order valence-corrected chi connectivity index (χ2v) is 6.18. The van der Waals surface area contributed by atoms with Gasteiger partial charge in [0.15, 0.2) is 4.77 Å². The summed E-state index contributed by atoms with van der Waals surface area (Å²) in [6.45, 7) is 0.327. The first-order chi connectivity index (χ1) is 10.4. The molecule has 1 aromatic rings. The van der Waals surface area contributed by atoms with Crippen LogP contribution in [-0.4, -0.2) is 38.9 Å². The largest absolute Gasteiger partial charge is 0.494 e. The molecular formula is C14H19N3O4S.